The molecule has 1 saturated heterocycles. The molecule has 2 rings (SSSR count). The Morgan fingerprint density at radius 3 is 2.76 bits per heavy atom. The molecule has 94 valence electrons. The molecule has 0 saturated carbocycles. The molecule has 1 fully saturated rings. The number of aromatic nitrogens is 1. The number of pyridine rings is 1. The monoisotopic (exact) mass is 234 g/mol. The van der Waals surface area contributed by atoms with Crippen LogP contribution in [0, 0.1) is 0 Å². The molecule has 1 N–H and O–H groups in total. The van der Waals surface area contributed by atoms with Crippen molar-refractivity contribution in [3.8, 4) is 0 Å². The summed E-state index contributed by atoms with van der Waals surface area (Å²) in [4.78, 5) is 9.07. The molecule has 0 radical (unpaired) electrons. The predicted molar refractivity (Wildman–Crippen MR) is 71.3 cm³/mol. The second-order valence-electron chi connectivity index (χ2n) is 4.58. The molecule has 2 heterocycles. The first kappa shape index (κ1) is 12.3. The van der Waals surface area contributed by atoms with Crippen molar-refractivity contribution in [1.29, 1.82) is 0 Å². The fraction of sp³-hybridized carbons (Fsp3) is 0.615. The van der Waals surface area contributed by atoms with E-state index in [1.54, 1.807) is 0 Å². The van der Waals surface area contributed by atoms with Crippen molar-refractivity contribution in [1.82, 2.24) is 15.2 Å². The normalized spacial score (nSPS) is 17.4. The lowest BCUT2D eigenvalue weighted by Crippen LogP contribution is -2.45. The summed E-state index contributed by atoms with van der Waals surface area (Å²) in [6.07, 6.45) is 3.87. The standard InChI is InChI=1S/C13H22N4/c1-3-14-10-12-11-15-5-4-13(12)17-8-6-16(2)7-9-17/h4-5,11,14H,3,6-10H2,1-2H3. The molecule has 1 aromatic rings. The zero-order valence-electron chi connectivity index (χ0n) is 10.8. The van der Waals surface area contributed by atoms with Gasteiger partial charge in [-0.15, -0.1) is 0 Å². The van der Waals surface area contributed by atoms with Crippen LogP contribution in [-0.2, 0) is 6.54 Å². The molecular weight excluding hydrogens is 212 g/mol. The van der Waals surface area contributed by atoms with E-state index in [0.29, 0.717) is 0 Å². The van der Waals surface area contributed by atoms with Crippen molar-refractivity contribution in [3.63, 3.8) is 0 Å². The van der Waals surface area contributed by atoms with E-state index in [1.807, 2.05) is 12.4 Å². The Hall–Kier alpha value is -1.13. The third-order valence-corrected chi connectivity index (χ3v) is 3.29. The van der Waals surface area contributed by atoms with Crippen LogP contribution < -0.4 is 10.2 Å². The maximum absolute atomic E-state index is 4.23. The fourth-order valence-electron chi connectivity index (χ4n) is 2.17. The summed E-state index contributed by atoms with van der Waals surface area (Å²) in [5.74, 6) is 0. The minimum Gasteiger partial charge on any atom is -0.369 e. The van der Waals surface area contributed by atoms with Crippen molar-refractivity contribution in [2.75, 3.05) is 44.7 Å². The van der Waals surface area contributed by atoms with Crippen molar-refractivity contribution in [3.05, 3.63) is 24.0 Å². The van der Waals surface area contributed by atoms with Gasteiger partial charge in [-0.2, -0.15) is 0 Å². The number of hydrogen-bond donors (Lipinski definition) is 1. The summed E-state index contributed by atoms with van der Waals surface area (Å²) in [5.41, 5.74) is 2.65. The third-order valence-electron chi connectivity index (χ3n) is 3.29. The number of nitrogens with one attached hydrogen (secondary N) is 1. The van der Waals surface area contributed by atoms with Gasteiger partial charge in [0, 0.05) is 56.4 Å². The molecule has 0 spiro atoms. The van der Waals surface area contributed by atoms with Crippen molar-refractivity contribution >= 4 is 5.69 Å². The SMILES string of the molecule is CCNCc1cnccc1N1CCN(C)CC1. The largest absolute Gasteiger partial charge is 0.369 e. The van der Waals surface area contributed by atoms with Gasteiger partial charge in [0.2, 0.25) is 0 Å². The van der Waals surface area contributed by atoms with Crippen molar-refractivity contribution in [2.24, 2.45) is 0 Å². The van der Waals surface area contributed by atoms with Crippen LogP contribution >= 0.6 is 0 Å². The van der Waals surface area contributed by atoms with Gasteiger partial charge in [0.25, 0.3) is 0 Å². The molecular formula is C13H22N4. The van der Waals surface area contributed by atoms with Crippen LogP contribution in [0.5, 0.6) is 0 Å². The van der Waals surface area contributed by atoms with Crippen LogP contribution in [0.25, 0.3) is 0 Å². The lowest BCUT2D eigenvalue weighted by atomic mass is 10.2. The number of anilines is 1. The molecule has 0 aliphatic carbocycles. The fourth-order valence-corrected chi connectivity index (χ4v) is 2.17. The number of hydrogen-bond acceptors (Lipinski definition) is 4. The molecule has 1 aromatic heterocycles. The Bertz CT molecular complexity index is 345. The Balaban J connectivity index is 2.08. The minimum atomic E-state index is 0.909. The van der Waals surface area contributed by atoms with Gasteiger partial charge in [-0.3, -0.25) is 4.98 Å². The lowest BCUT2D eigenvalue weighted by molar-refractivity contribution is 0.312. The van der Waals surface area contributed by atoms with E-state index in [0.717, 1.165) is 39.3 Å². The van der Waals surface area contributed by atoms with E-state index in [1.165, 1.54) is 11.3 Å². The third kappa shape index (κ3) is 3.17. The minimum absolute atomic E-state index is 0.909. The Morgan fingerprint density at radius 2 is 2.06 bits per heavy atom. The summed E-state index contributed by atoms with van der Waals surface area (Å²) in [6, 6.07) is 2.14. The highest BCUT2D eigenvalue weighted by molar-refractivity contribution is 5.52. The Kier molecular flexibility index (Phi) is 4.34. The lowest BCUT2D eigenvalue weighted by Gasteiger charge is -2.35. The Morgan fingerprint density at radius 1 is 1.29 bits per heavy atom. The summed E-state index contributed by atoms with van der Waals surface area (Å²) in [7, 11) is 2.18. The van der Waals surface area contributed by atoms with E-state index in [-0.39, 0.29) is 0 Å². The highest BCUT2D eigenvalue weighted by atomic mass is 15.2. The molecule has 4 heteroatoms. The molecule has 0 amide bonds. The molecule has 17 heavy (non-hydrogen) atoms. The topological polar surface area (TPSA) is 31.4 Å². The van der Waals surface area contributed by atoms with Gasteiger partial charge in [0.15, 0.2) is 0 Å². The van der Waals surface area contributed by atoms with Gasteiger partial charge in [0.05, 0.1) is 0 Å². The first-order valence-corrected chi connectivity index (χ1v) is 6.38. The van der Waals surface area contributed by atoms with E-state index in [9.17, 15) is 0 Å². The van der Waals surface area contributed by atoms with Crippen LogP contribution in [0.1, 0.15) is 12.5 Å². The van der Waals surface area contributed by atoms with Crippen molar-refractivity contribution < 1.29 is 0 Å². The maximum atomic E-state index is 4.23. The summed E-state index contributed by atoms with van der Waals surface area (Å²) >= 11 is 0. The first-order chi connectivity index (χ1) is 8.31. The summed E-state index contributed by atoms with van der Waals surface area (Å²) in [5, 5.41) is 3.38. The maximum Gasteiger partial charge on any atom is 0.0443 e. The summed E-state index contributed by atoms with van der Waals surface area (Å²) < 4.78 is 0. The number of nitrogens with zero attached hydrogens (tertiary/aromatic N) is 3. The average Bonchev–Trinajstić information content (AvgIpc) is 2.38. The molecule has 4 nitrogen and oxygen atoms in total. The molecule has 0 unspecified atom stereocenters. The van der Waals surface area contributed by atoms with Crippen LogP contribution in [-0.4, -0.2) is 49.7 Å². The number of rotatable bonds is 4. The van der Waals surface area contributed by atoms with Crippen LogP contribution in [0.4, 0.5) is 5.69 Å². The van der Waals surface area contributed by atoms with Gasteiger partial charge in [-0.25, -0.2) is 0 Å². The van der Waals surface area contributed by atoms with Gasteiger partial charge < -0.3 is 15.1 Å². The highest BCUT2D eigenvalue weighted by Gasteiger charge is 2.16. The summed E-state index contributed by atoms with van der Waals surface area (Å²) in [6.45, 7) is 8.54. The van der Waals surface area contributed by atoms with Gasteiger partial charge in [0.1, 0.15) is 0 Å². The van der Waals surface area contributed by atoms with Crippen LogP contribution in [0.15, 0.2) is 18.5 Å². The van der Waals surface area contributed by atoms with E-state index < -0.39 is 0 Å². The van der Waals surface area contributed by atoms with Gasteiger partial charge in [-0.1, -0.05) is 6.92 Å². The van der Waals surface area contributed by atoms with E-state index in [2.05, 4.69) is 40.1 Å². The van der Waals surface area contributed by atoms with Crippen molar-refractivity contribution in [2.45, 2.75) is 13.5 Å². The molecule has 0 bridgehead atoms. The first-order valence-electron chi connectivity index (χ1n) is 6.38. The van der Waals surface area contributed by atoms with E-state index in [4.69, 9.17) is 0 Å². The number of likely N-dealkylation sites (N-methyl/N-ethyl adjacent to an activating group) is 1. The molecule has 0 atom stereocenters. The van der Waals surface area contributed by atoms with Crippen LogP contribution in [0.2, 0.25) is 0 Å². The quantitative estimate of drug-likeness (QED) is 0.840. The smallest absolute Gasteiger partial charge is 0.0443 e. The van der Waals surface area contributed by atoms with Crippen LogP contribution in [0.3, 0.4) is 0 Å². The predicted octanol–water partition coefficient (Wildman–Crippen LogP) is 0.943. The second-order valence-corrected chi connectivity index (χ2v) is 4.58. The molecule has 0 aromatic carbocycles. The Labute approximate surface area is 104 Å². The average molecular weight is 234 g/mol. The highest BCUT2D eigenvalue weighted by Crippen LogP contribution is 2.20. The van der Waals surface area contributed by atoms with Gasteiger partial charge >= 0.3 is 0 Å². The van der Waals surface area contributed by atoms with Gasteiger partial charge in [-0.05, 0) is 19.7 Å². The number of piperazine rings is 1. The zero-order valence-corrected chi connectivity index (χ0v) is 10.8. The molecule has 1 aliphatic heterocycles. The molecule has 1 aliphatic rings. The van der Waals surface area contributed by atoms with E-state index >= 15 is 0 Å². The zero-order chi connectivity index (χ0) is 12.1. The second kappa shape index (κ2) is 5.98.